The minimum absolute atomic E-state index is 0.0631. The second kappa shape index (κ2) is 14.5. The molecule has 2 aromatic carbocycles. The van der Waals surface area contributed by atoms with Gasteiger partial charge in [-0.3, -0.25) is 19.2 Å². The van der Waals surface area contributed by atoms with Crippen LogP contribution in [0.25, 0.3) is 20.2 Å². The second-order valence-electron chi connectivity index (χ2n) is 10.4. The highest BCUT2D eigenvalue weighted by Gasteiger charge is 2.21. The first-order chi connectivity index (χ1) is 21.0. The van der Waals surface area contributed by atoms with Crippen molar-refractivity contribution in [1.82, 2.24) is 0 Å². The van der Waals surface area contributed by atoms with Crippen molar-refractivity contribution in [3.05, 3.63) is 46.2 Å². The quantitative estimate of drug-likeness (QED) is 0.0916. The van der Waals surface area contributed by atoms with Crippen LogP contribution in [0.4, 0.5) is 0 Å². The minimum atomic E-state index is -1.00. The molecule has 0 aliphatic heterocycles. The molecule has 0 fully saturated rings. The SMILES string of the molecule is COc1cc2sc(C(=O)C[C@H](C)C(=O)O)cc2cc1OCCCCOc1cc2cc(C(=O)C[C@H](C)C(=O)O)sc2cc1OC. The topological polar surface area (TPSA) is 146 Å². The van der Waals surface area contributed by atoms with Gasteiger partial charge in [-0.25, -0.2) is 0 Å². The van der Waals surface area contributed by atoms with E-state index in [2.05, 4.69) is 0 Å². The lowest BCUT2D eigenvalue weighted by Gasteiger charge is -2.12. The molecule has 0 bridgehead atoms. The van der Waals surface area contributed by atoms with E-state index in [1.807, 2.05) is 24.3 Å². The molecule has 0 amide bonds. The lowest BCUT2D eigenvalue weighted by Crippen LogP contribution is -2.13. The van der Waals surface area contributed by atoms with E-state index in [1.165, 1.54) is 36.5 Å². The highest BCUT2D eigenvalue weighted by Crippen LogP contribution is 2.38. The fraction of sp³-hybridized carbons (Fsp3) is 0.375. The van der Waals surface area contributed by atoms with Crippen molar-refractivity contribution in [3.63, 3.8) is 0 Å². The van der Waals surface area contributed by atoms with Crippen LogP contribution in [-0.4, -0.2) is 61.2 Å². The molecule has 2 aromatic heterocycles. The van der Waals surface area contributed by atoms with Gasteiger partial charge in [-0.05, 0) is 47.9 Å². The Morgan fingerprint density at radius 1 is 0.636 bits per heavy atom. The summed E-state index contributed by atoms with van der Waals surface area (Å²) in [5.74, 6) is -1.77. The first-order valence-corrected chi connectivity index (χ1v) is 15.6. The molecule has 2 heterocycles. The van der Waals surface area contributed by atoms with Crippen LogP contribution in [0.15, 0.2) is 36.4 Å². The Morgan fingerprint density at radius 2 is 1.02 bits per heavy atom. The van der Waals surface area contributed by atoms with Crippen molar-refractivity contribution < 1.29 is 48.3 Å². The van der Waals surface area contributed by atoms with Crippen LogP contribution in [-0.2, 0) is 9.59 Å². The first-order valence-electron chi connectivity index (χ1n) is 14.0. The number of carbonyl (C=O) groups is 4. The number of hydrogen-bond acceptors (Lipinski definition) is 10. The lowest BCUT2D eigenvalue weighted by molar-refractivity contribution is -0.141. The van der Waals surface area contributed by atoms with E-state index in [4.69, 9.17) is 29.2 Å². The van der Waals surface area contributed by atoms with E-state index in [0.29, 0.717) is 58.8 Å². The summed E-state index contributed by atoms with van der Waals surface area (Å²) in [6, 6.07) is 10.8. The third-order valence-corrected chi connectivity index (χ3v) is 9.31. The summed E-state index contributed by atoms with van der Waals surface area (Å²) in [6.07, 6.45) is 1.24. The zero-order valence-corrected chi connectivity index (χ0v) is 26.5. The van der Waals surface area contributed by atoms with Crippen LogP contribution in [0.3, 0.4) is 0 Å². The first kappa shape index (κ1) is 32.7. The number of ether oxygens (including phenoxy) is 4. The fourth-order valence-electron chi connectivity index (χ4n) is 4.41. The molecule has 234 valence electrons. The number of thiophene rings is 2. The van der Waals surface area contributed by atoms with Gasteiger partial charge in [-0.1, -0.05) is 13.8 Å². The highest BCUT2D eigenvalue weighted by atomic mass is 32.1. The maximum Gasteiger partial charge on any atom is 0.306 e. The molecule has 0 saturated carbocycles. The van der Waals surface area contributed by atoms with Crippen LogP contribution in [0.1, 0.15) is 58.9 Å². The predicted octanol–water partition coefficient (Wildman–Crippen LogP) is 6.96. The van der Waals surface area contributed by atoms with Gasteiger partial charge in [0, 0.05) is 34.4 Å². The Kier molecular flexibility index (Phi) is 10.8. The molecule has 0 aliphatic rings. The zero-order chi connectivity index (χ0) is 32.0. The number of unbranched alkanes of at least 4 members (excludes halogenated alkanes) is 1. The van der Waals surface area contributed by atoms with E-state index >= 15 is 0 Å². The van der Waals surface area contributed by atoms with Gasteiger partial charge in [0.05, 0.1) is 49.0 Å². The van der Waals surface area contributed by atoms with Gasteiger partial charge < -0.3 is 29.2 Å². The van der Waals surface area contributed by atoms with E-state index in [-0.39, 0.29) is 24.4 Å². The molecular formula is C32H34O10S2. The summed E-state index contributed by atoms with van der Waals surface area (Å²) in [6.45, 7) is 3.83. The molecule has 2 atom stereocenters. The number of carboxylic acids is 2. The van der Waals surface area contributed by atoms with Crippen molar-refractivity contribution in [1.29, 1.82) is 0 Å². The van der Waals surface area contributed by atoms with E-state index in [0.717, 1.165) is 20.2 Å². The summed E-state index contributed by atoms with van der Waals surface area (Å²) in [4.78, 5) is 48.4. The number of hydrogen-bond donors (Lipinski definition) is 2. The van der Waals surface area contributed by atoms with E-state index < -0.39 is 23.8 Å². The number of carbonyl (C=O) groups excluding carboxylic acids is 2. The van der Waals surface area contributed by atoms with Crippen LogP contribution in [0.5, 0.6) is 23.0 Å². The summed E-state index contributed by atoms with van der Waals surface area (Å²) >= 11 is 2.59. The number of Topliss-reactive ketones (excluding diaryl/α,β-unsaturated/α-hetero) is 2. The van der Waals surface area contributed by atoms with Gasteiger partial charge in [0.1, 0.15) is 0 Å². The van der Waals surface area contributed by atoms with Gasteiger partial charge in [-0.2, -0.15) is 0 Å². The molecule has 0 unspecified atom stereocenters. The molecule has 4 rings (SSSR count). The minimum Gasteiger partial charge on any atom is -0.493 e. The number of methoxy groups -OCH3 is 2. The number of fused-ring (bicyclic) bond motifs is 2. The third kappa shape index (κ3) is 7.86. The molecular weight excluding hydrogens is 608 g/mol. The fourth-order valence-corrected chi connectivity index (χ4v) is 6.46. The Balaban J connectivity index is 1.33. The molecule has 12 heteroatoms. The van der Waals surface area contributed by atoms with Crippen molar-refractivity contribution >= 4 is 66.4 Å². The second-order valence-corrected chi connectivity index (χ2v) is 12.6. The Hall–Kier alpha value is -4.16. The van der Waals surface area contributed by atoms with Crippen molar-refractivity contribution in [2.45, 2.75) is 39.5 Å². The van der Waals surface area contributed by atoms with Gasteiger partial charge in [0.2, 0.25) is 0 Å². The van der Waals surface area contributed by atoms with Crippen molar-refractivity contribution in [3.8, 4) is 23.0 Å². The smallest absolute Gasteiger partial charge is 0.306 e. The van der Waals surface area contributed by atoms with E-state index in [1.54, 1.807) is 26.4 Å². The molecule has 0 saturated heterocycles. The number of rotatable bonds is 17. The Labute approximate surface area is 262 Å². The Morgan fingerprint density at radius 3 is 1.36 bits per heavy atom. The van der Waals surface area contributed by atoms with Gasteiger partial charge in [0.15, 0.2) is 34.6 Å². The van der Waals surface area contributed by atoms with E-state index in [9.17, 15) is 19.2 Å². The number of benzene rings is 2. The monoisotopic (exact) mass is 642 g/mol. The predicted molar refractivity (Wildman–Crippen MR) is 168 cm³/mol. The molecule has 0 radical (unpaired) electrons. The summed E-state index contributed by atoms with van der Waals surface area (Å²) in [5.41, 5.74) is 0. The van der Waals surface area contributed by atoms with Crippen LogP contribution >= 0.6 is 22.7 Å². The molecule has 0 aliphatic carbocycles. The number of carboxylic acid groups (broad SMARTS) is 2. The standard InChI is InChI=1S/C32H34O10S2/c1-17(31(35)36)9-21(33)29-13-19-11-25(23(39-3)15-27(19)43-29)41-7-5-6-8-42-26-12-20-14-30(22(34)10-18(2)32(37)38)44-28(20)16-24(26)40-4/h11-18H,5-10H2,1-4H3,(H,35,36)(H,37,38)/t17-,18-/m0/s1. The molecule has 44 heavy (non-hydrogen) atoms. The molecule has 0 spiro atoms. The Bertz CT molecular complexity index is 1560. The molecule has 10 nitrogen and oxygen atoms in total. The molecule has 4 aromatic rings. The van der Waals surface area contributed by atoms with Crippen molar-refractivity contribution in [2.75, 3.05) is 27.4 Å². The summed E-state index contributed by atoms with van der Waals surface area (Å²) < 4.78 is 24.7. The normalized spacial score (nSPS) is 12.5. The van der Waals surface area contributed by atoms with Crippen molar-refractivity contribution in [2.24, 2.45) is 11.8 Å². The van der Waals surface area contributed by atoms with Gasteiger partial charge in [0.25, 0.3) is 0 Å². The maximum absolute atomic E-state index is 12.6. The number of ketones is 2. The lowest BCUT2D eigenvalue weighted by atomic mass is 10.0. The average Bonchev–Trinajstić information content (AvgIpc) is 3.61. The highest BCUT2D eigenvalue weighted by molar-refractivity contribution is 7.21. The average molecular weight is 643 g/mol. The summed E-state index contributed by atoms with van der Waals surface area (Å²) in [7, 11) is 3.09. The van der Waals surface area contributed by atoms with Crippen LogP contribution in [0, 0.1) is 11.8 Å². The third-order valence-electron chi connectivity index (χ3n) is 7.03. The van der Waals surface area contributed by atoms with Crippen LogP contribution in [0.2, 0.25) is 0 Å². The largest absolute Gasteiger partial charge is 0.493 e. The zero-order valence-electron chi connectivity index (χ0n) is 24.8. The van der Waals surface area contributed by atoms with Crippen LogP contribution < -0.4 is 18.9 Å². The van der Waals surface area contributed by atoms with Gasteiger partial charge >= 0.3 is 11.9 Å². The summed E-state index contributed by atoms with van der Waals surface area (Å²) in [5, 5.41) is 19.9. The molecule has 2 N–H and O–H groups in total. The number of aliphatic carboxylic acids is 2. The van der Waals surface area contributed by atoms with Gasteiger partial charge in [-0.15, -0.1) is 22.7 Å². The maximum atomic E-state index is 12.6.